The second-order valence-electron chi connectivity index (χ2n) is 5.21. The van der Waals surface area contributed by atoms with Crippen LogP contribution in [0.2, 0.25) is 5.02 Å². The van der Waals surface area contributed by atoms with Gasteiger partial charge in [0.1, 0.15) is 0 Å². The van der Waals surface area contributed by atoms with Crippen LogP contribution < -0.4 is 11.1 Å². The lowest BCUT2D eigenvalue weighted by Crippen LogP contribution is -2.09. The Kier molecular flexibility index (Phi) is 4.93. The molecule has 0 saturated carbocycles. The first-order valence-electron chi connectivity index (χ1n) is 7.11. The highest BCUT2D eigenvalue weighted by Crippen LogP contribution is 2.43. The number of hydrogen-bond acceptors (Lipinski definition) is 7. The number of aromatic nitrogens is 4. The fraction of sp³-hybridized carbons (Fsp3) is 0.0714. The lowest BCUT2D eigenvalue weighted by molar-refractivity contribution is -0.137. The predicted octanol–water partition coefficient (Wildman–Crippen LogP) is 2.83. The maximum atomic E-state index is 13.6. The fourth-order valence-corrected chi connectivity index (χ4v) is 2.97. The van der Waals surface area contributed by atoms with E-state index in [-0.39, 0.29) is 38.8 Å². The maximum absolute atomic E-state index is 13.6. The first kappa shape index (κ1) is 18.9. The van der Waals surface area contributed by atoms with Crippen LogP contribution in [0.4, 0.5) is 30.8 Å². The predicted molar refractivity (Wildman–Crippen MR) is 92.3 cm³/mol. The number of aromatic amines is 1. The number of H-pyrrole nitrogens is 1. The van der Waals surface area contributed by atoms with Crippen LogP contribution >= 0.6 is 11.6 Å². The fourth-order valence-electron chi connectivity index (χ4n) is 2.30. The third kappa shape index (κ3) is 4.11. The van der Waals surface area contributed by atoms with Crippen molar-refractivity contribution >= 4 is 39.9 Å². The summed E-state index contributed by atoms with van der Waals surface area (Å²) < 4.78 is 62.5. The molecule has 0 unspecified atom stereocenters. The van der Waals surface area contributed by atoms with E-state index >= 15 is 0 Å². The van der Waals surface area contributed by atoms with E-state index in [1.54, 1.807) is 0 Å². The van der Waals surface area contributed by atoms with Gasteiger partial charge in [-0.25, -0.2) is 18.5 Å². The van der Waals surface area contributed by atoms with Gasteiger partial charge in [-0.2, -0.15) is 18.2 Å². The Morgan fingerprint density at radius 2 is 1.96 bits per heavy atom. The molecule has 0 saturated heterocycles. The molecule has 27 heavy (non-hydrogen) atoms. The summed E-state index contributed by atoms with van der Waals surface area (Å²) in [7, 11) is -2.95. The molecule has 3 aromatic rings. The molecular formula is C14H10ClF3N6O2S. The summed E-state index contributed by atoms with van der Waals surface area (Å²) in [6.45, 7) is 0. The molecule has 0 atom stereocenters. The molecule has 1 aromatic carbocycles. The average Bonchev–Trinajstić information content (AvgIpc) is 2.98. The lowest BCUT2D eigenvalue weighted by atomic mass is 9.99. The zero-order valence-corrected chi connectivity index (χ0v) is 14.7. The number of nitrogens with two attached hydrogens (primary N) is 1. The normalized spacial score (nSPS) is 11.7. The van der Waals surface area contributed by atoms with Crippen molar-refractivity contribution in [1.82, 2.24) is 20.2 Å². The Labute approximate surface area is 156 Å². The molecular weight excluding hydrogens is 409 g/mol. The number of pyridine rings is 1. The van der Waals surface area contributed by atoms with Gasteiger partial charge in [0, 0.05) is 23.0 Å². The van der Waals surface area contributed by atoms with Crippen molar-refractivity contribution in [3.8, 4) is 11.1 Å². The number of halogens is 4. The van der Waals surface area contributed by atoms with Gasteiger partial charge in [0.2, 0.25) is 11.9 Å². The van der Waals surface area contributed by atoms with E-state index in [1.807, 2.05) is 0 Å². The Bertz CT molecular complexity index is 1060. The SMILES string of the molecule is Nc1nc(Nc2cc(Cl)c(-c3ccc([SH](=O)=O)nc3)c(C(F)(F)F)c2)n[nH]1. The molecule has 4 N–H and O–H groups in total. The smallest absolute Gasteiger partial charge is 0.368 e. The average molecular weight is 419 g/mol. The first-order chi connectivity index (χ1) is 12.6. The van der Waals surface area contributed by atoms with Gasteiger partial charge in [-0.1, -0.05) is 11.6 Å². The monoisotopic (exact) mass is 418 g/mol. The van der Waals surface area contributed by atoms with Crippen molar-refractivity contribution in [2.45, 2.75) is 11.2 Å². The van der Waals surface area contributed by atoms with Crippen LogP contribution in [0.25, 0.3) is 11.1 Å². The lowest BCUT2D eigenvalue weighted by Gasteiger charge is -2.16. The summed E-state index contributed by atoms with van der Waals surface area (Å²) in [4.78, 5) is 7.38. The van der Waals surface area contributed by atoms with E-state index in [0.717, 1.165) is 18.3 Å². The number of benzene rings is 1. The van der Waals surface area contributed by atoms with Crippen molar-refractivity contribution in [3.05, 3.63) is 41.0 Å². The van der Waals surface area contributed by atoms with Crippen molar-refractivity contribution in [2.24, 2.45) is 0 Å². The Balaban J connectivity index is 2.10. The second-order valence-corrected chi connectivity index (χ2v) is 6.59. The number of rotatable bonds is 4. The van der Waals surface area contributed by atoms with Gasteiger partial charge in [0.25, 0.3) is 0 Å². The van der Waals surface area contributed by atoms with Crippen molar-refractivity contribution in [2.75, 3.05) is 11.1 Å². The summed E-state index contributed by atoms with van der Waals surface area (Å²) in [5.41, 5.74) is 4.00. The molecule has 142 valence electrons. The quantitative estimate of drug-likeness (QED) is 0.480. The van der Waals surface area contributed by atoms with Crippen LogP contribution in [-0.2, 0) is 16.9 Å². The van der Waals surface area contributed by atoms with Gasteiger partial charge in [0.15, 0.2) is 15.7 Å². The molecule has 13 heteroatoms. The topological polar surface area (TPSA) is 127 Å². The third-order valence-electron chi connectivity index (χ3n) is 3.38. The van der Waals surface area contributed by atoms with Crippen molar-refractivity contribution in [1.29, 1.82) is 0 Å². The maximum Gasteiger partial charge on any atom is 0.417 e. The third-order valence-corrected chi connectivity index (χ3v) is 4.31. The number of hydrogen-bond donors (Lipinski definition) is 4. The second kappa shape index (κ2) is 7.04. The number of alkyl halides is 3. The van der Waals surface area contributed by atoms with Gasteiger partial charge in [0.05, 0.1) is 10.6 Å². The molecule has 2 heterocycles. The van der Waals surface area contributed by atoms with E-state index in [9.17, 15) is 21.6 Å². The van der Waals surface area contributed by atoms with Crippen LogP contribution in [0.15, 0.2) is 35.5 Å². The summed E-state index contributed by atoms with van der Waals surface area (Å²) in [5, 5.41) is 8.09. The van der Waals surface area contributed by atoms with E-state index in [0.29, 0.717) is 0 Å². The zero-order chi connectivity index (χ0) is 19.8. The van der Waals surface area contributed by atoms with E-state index in [4.69, 9.17) is 17.3 Å². The van der Waals surface area contributed by atoms with Crippen LogP contribution in [0, 0.1) is 0 Å². The van der Waals surface area contributed by atoms with Crippen LogP contribution in [-0.4, -0.2) is 28.6 Å². The number of thiol groups is 1. The molecule has 2 aromatic heterocycles. The number of nitrogens with one attached hydrogen (secondary N) is 2. The summed E-state index contributed by atoms with van der Waals surface area (Å²) in [6, 6.07) is 4.38. The first-order valence-corrected chi connectivity index (χ1v) is 8.67. The molecule has 0 fully saturated rings. The number of nitrogens with zero attached hydrogens (tertiary/aromatic N) is 3. The number of nitrogen functional groups attached to an aromatic ring is 1. The molecule has 0 radical (unpaired) electrons. The Morgan fingerprint density at radius 3 is 2.48 bits per heavy atom. The van der Waals surface area contributed by atoms with Crippen LogP contribution in [0.5, 0.6) is 0 Å². The minimum absolute atomic E-state index is 0.0118. The molecule has 0 aliphatic heterocycles. The summed E-state index contributed by atoms with van der Waals surface area (Å²) >= 11 is 6.09. The highest BCUT2D eigenvalue weighted by Gasteiger charge is 2.35. The highest BCUT2D eigenvalue weighted by atomic mass is 35.5. The Morgan fingerprint density at radius 1 is 1.22 bits per heavy atom. The molecule has 0 amide bonds. The Hall–Kier alpha value is -2.86. The molecule has 0 bridgehead atoms. The molecule has 0 spiro atoms. The molecule has 0 aliphatic rings. The zero-order valence-electron chi connectivity index (χ0n) is 13.1. The van der Waals surface area contributed by atoms with E-state index < -0.39 is 22.4 Å². The van der Waals surface area contributed by atoms with E-state index in [1.165, 1.54) is 12.1 Å². The van der Waals surface area contributed by atoms with Gasteiger partial charge in [-0.05, 0) is 24.3 Å². The van der Waals surface area contributed by atoms with Crippen molar-refractivity contribution in [3.63, 3.8) is 0 Å². The molecule has 8 nitrogen and oxygen atoms in total. The highest BCUT2D eigenvalue weighted by molar-refractivity contribution is 7.72. The van der Waals surface area contributed by atoms with Gasteiger partial charge in [-0.15, -0.1) is 5.10 Å². The van der Waals surface area contributed by atoms with Gasteiger partial charge >= 0.3 is 6.18 Å². The van der Waals surface area contributed by atoms with E-state index in [2.05, 4.69) is 25.5 Å². The van der Waals surface area contributed by atoms with Crippen molar-refractivity contribution < 1.29 is 21.6 Å². The minimum Gasteiger partial charge on any atom is -0.368 e. The summed E-state index contributed by atoms with van der Waals surface area (Å²) in [5.74, 6) is -0.0474. The van der Waals surface area contributed by atoms with Crippen LogP contribution in [0.1, 0.15) is 5.56 Å². The van der Waals surface area contributed by atoms with Crippen LogP contribution in [0.3, 0.4) is 0 Å². The molecule has 3 rings (SSSR count). The summed E-state index contributed by atoms with van der Waals surface area (Å²) in [6.07, 6.45) is -3.73. The minimum atomic E-state index is -4.74. The van der Waals surface area contributed by atoms with Gasteiger partial charge < -0.3 is 11.1 Å². The largest absolute Gasteiger partial charge is 0.417 e. The van der Waals surface area contributed by atoms with Gasteiger partial charge in [-0.3, -0.25) is 0 Å². The standard InChI is InChI=1S/C14H10ClF3N6O2S/c15-9-4-7(21-13-22-12(19)23-24-13)3-8(14(16,17)18)11(9)6-1-2-10(20-5-6)27(25)26/h1-5,27H,(H4,19,21,22,23,24). The molecule has 0 aliphatic carbocycles. The number of anilines is 3.